The molecule has 0 amide bonds. The van der Waals surface area contributed by atoms with Gasteiger partial charge in [-0.25, -0.2) is 0 Å². The van der Waals surface area contributed by atoms with E-state index in [0.29, 0.717) is 6.04 Å². The third kappa shape index (κ3) is 3.86. The van der Waals surface area contributed by atoms with Crippen molar-refractivity contribution in [1.82, 2.24) is 10.1 Å². The number of aromatic nitrogens is 1. The number of rotatable bonds is 4. The smallest absolute Gasteiger partial charge is 0.177 e. The highest BCUT2D eigenvalue weighted by molar-refractivity contribution is 7.13. The normalized spacial score (nSPS) is 21.0. The third-order valence-corrected chi connectivity index (χ3v) is 4.84. The van der Waals surface area contributed by atoms with Gasteiger partial charge in [0.1, 0.15) is 0 Å². The lowest BCUT2D eigenvalue weighted by Crippen LogP contribution is -2.48. The first-order chi connectivity index (χ1) is 9.74. The first-order valence-electron chi connectivity index (χ1n) is 7.23. The Labute approximate surface area is 135 Å². The van der Waals surface area contributed by atoms with Gasteiger partial charge < -0.3 is 10.3 Å². The summed E-state index contributed by atoms with van der Waals surface area (Å²) in [6, 6.07) is 6.81. The highest BCUT2D eigenvalue weighted by atomic mass is 35.5. The molecule has 4 nitrogen and oxygen atoms in total. The van der Waals surface area contributed by atoms with Crippen molar-refractivity contribution in [2.45, 2.75) is 44.8 Å². The molecular formula is C15H22ClN3OS. The van der Waals surface area contributed by atoms with Crippen LogP contribution >= 0.6 is 23.7 Å². The number of likely N-dealkylation sites (tertiary alicyclic amines) is 1. The maximum Gasteiger partial charge on any atom is 0.177 e. The molecule has 0 saturated carbocycles. The Morgan fingerprint density at radius 3 is 3.10 bits per heavy atom. The van der Waals surface area contributed by atoms with Crippen molar-refractivity contribution in [3.63, 3.8) is 0 Å². The van der Waals surface area contributed by atoms with Crippen LogP contribution in [0.4, 0.5) is 0 Å². The van der Waals surface area contributed by atoms with Crippen LogP contribution in [0, 0.1) is 0 Å². The van der Waals surface area contributed by atoms with Crippen LogP contribution in [-0.2, 0) is 6.54 Å². The molecule has 0 bridgehead atoms. The van der Waals surface area contributed by atoms with E-state index >= 15 is 0 Å². The Bertz CT molecular complexity index is 541. The second kappa shape index (κ2) is 7.40. The minimum absolute atomic E-state index is 0. The largest absolute Gasteiger partial charge is 0.355 e. The number of thiophene rings is 1. The van der Waals surface area contributed by atoms with Crippen molar-refractivity contribution in [1.29, 1.82) is 0 Å². The predicted octanol–water partition coefficient (Wildman–Crippen LogP) is 3.53. The van der Waals surface area contributed by atoms with E-state index < -0.39 is 0 Å². The fourth-order valence-electron chi connectivity index (χ4n) is 2.94. The van der Waals surface area contributed by atoms with Gasteiger partial charge in [0.25, 0.3) is 0 Å². The van der Waals surface area contributed by atoms with Gasteiger partial charge in [-0.2, -0.15) is 0 Å². The van der Waals surface area contributed by atoms with Crippen molar-refractivity contribution in [3.05, 3.63) is 29.3 Å². The molecule has 3 heterocycles. The molecule has 2 aromatic rings. The SMILES string of the molecule is CC(N)C1CCCCN1Cc1cc(-c2cccs2)on1.Cl. The van der Waals surface area contributed by atoms with Gasteiger partial charge in [0.2, 0.25) is 0 Å². The van der Waals surface area contributed by atoms with Gasteiger partial charge >= 0.3 is 0 Å². The number of halogens is 1. The number of nitrogens with zero attached hydrogens (tertiary/aromatic N) is 2. The highest BCUT2D eigenvalue weighted by Crippen LogP contribution is 2.27. The summed E-state index contributed by atoms with van der Waals surface area (Å²) in [5, 5.41) is 6.26. The van der Waals surface area contributed by atoms with E-state index in [4.69, 9.17) is 10.3 Å². The topological polar surface area (TPSA) is 55.3 Å². The van der Waals surface area contributed by atoms with Crippen molar-refractivity contribution in [3.8, 4) is 10.6 Å². The number of nitrogens with two attached hydrogens (primary N) is 1. The van der Waals surface area contributed by atoms with Crippen LogP contribution in [0.25, 0.3) is 10.6 Å². The molecule has 0 aromatic carbocycles. The molecule has 2 unspecified atom stereocenters. The summed E-state index contributed by atoms with van der Waals surface area (Å²) in [6.45, 7) is 4.04. The maximum absolute atomic E-state index is 6.11. The lowest BCUT2D eigenvalue weighted by atomic mass is 9.97. The van der Waals surface area contributed by atoms with Gasteiger partial charge in [0, 0.05) is 24.7 Å². The van der Waals surface area contributed by atoms with E-state index in [-0.39, 0.29) is 18.4 Å². The molecule has 2 atom stereocenters. The first kappa shape index (κ1) is 16.5. The van der Waals surface area contributed by atoms with Crippen LogP contribution in [0.1, 0.15) is 31.9 Å². The molecule has 116 valence electrons. The molecule has 1 aliphatic rings. The molecule has 0 radical (unpaired) electrons. The summed E-state index contributed by atoms with van der Waals surface area (Å²) >= 11 is 1.67. The number of piperidine rings is 1. The van der Waals surface area contributed by atoms with E-state index in [2.05, 4.69) is 29.1 Å². The summed E-state index contributed by atoms with van der Waals surface area (Å²) in [6.07, 6.45) is 3.72. The lowest BCUT2D eigenvalue weighted by molar-refractivity contribution is 0.120. The molecule has 1 saturated heterocycles. The van der Waals surface area contributed by atoms with Gasteiger partial charge in [-0.3, -0.25) is 4.90 Å². The van der Waals surface area contributed by atoms with Crippen LogP contribution in [0.5, 0.6) is 0 Å². The summed E-state index contributed by atoms with van der Waals surface area (Å²) in [5.41, 5.74) is 7.11. The maximum atomic E-state index is 6.11. The standard InChI is InChI=1S/C15H21N3OS.ClH/c1-11(16)13-5-2-3-7-18(13)10-12-9-14(19-17-12)15-6-4-8-20-15;/h4,6,8-9,11,13H,2-3,5,7,10,16H2,1H3;1H. The Balaban J connectivity index is 0.00000161. The van der Waals surface area contributed by atoms with E-state index in [1.54, 1.807) is 11.3 Å². The second-order valence-electron chi connectivity index (χ2n) is 5.55. The van der Waals surface area contributed by atoms with Crippen molar-refractivity contribution in [2.24, 2.45) is 5.73 Å². The average Bonchev–Trinajstić information content (AvgIpc) is 3.09. The monoisotopic (exact) mass is 327 g/mol. The van der Waals surface area contributed by atoms with Gasteiger partial charge in [0.15, 0.2) is 5.76 Å². The van der Waals surface area contributed by atoms with Crippen LogP contribution in [-0.4, -0.2) is 28.7 Å². The summed E-state index contributed by atoms with van der Waals surface area (Å²) in [7, 11) is 0. The van der Waals surface area contributed by atoms with Crippen LogP contribution < -0.4 is 5.73 Å². The Hall–Kier alpha value is -0.880. The summed E-state index contributed by atoms with van der Waals surface area (Å²) in [4.78, 5) is 3.58. The van der Waals surface area contributed by atoms with Crippen LogP contribution in [0.15, 0.2) is 28.1 Å². The quantitative estimate of drug-likeness (QED) is 0.933. The van der Waals surface area contributed by atoms with Crippen molar-refractivity contribution in [2.75, 3.05) is 6.54 Å². The molecule has 3 rings (SSSR count). The molecule has 6 heteroatoms. The zero-order chi connectivity index (χ0) is 13.9. The third-order valence-electron chi connectivity index (χ3n) is 3.96. The Kier molecular flexibility index (Phi) is 5.81. The Morgan fingerprint density at radius 2 is 2.38 bits per heavy atom. The minimum Gasteiger partial charge on any atom is -0.355 e. The van der Waals surface area contributed by atoms with Crippen molar-refractivity contribution >= 4 is 23.7 Å². The number of hydrogen-bond donors (Lipinski definition) is 1. The van der Waals surface area contributed by atoms with E-state index in [9.17, 15) is 0 Å². The minimum atomic E-state index is 0. The average molecular weight is 328 g/mol. The molecule has 2 N–H and O–H groups in total. The second-order valence-corrected chi connectivity index (χ2v) is 6.50. The van der Waals surface area contributed by atoms with Crippen LogP contribution in [0.2, 0.25) is 0 Å². The summed E-state index contributed by atoms with van der Waals surface area (Å²) in [5.74, 6) is 0.865. The van der Waals surface area contributed by atoms with Gasteiger partial charge in [0.05, 0.1) is 10.6 Å². The zero-order valence-corrected chi connectivity index (χ0v) is 13.8. The van der Waals surface area contributed by atoms with E-state index in [1.165, 1.54) is 19.3 Å². The first-order valence-corrected chi connectivity index (χ1v) is 8.11. The molecule has 0 aliphatic carbocycles. The molecule has 0 spiro atoms. The fourth-order valence-corrected chi connectivity index (χ4v) is 3.61. The van der Waals surface area contributed by atoms with E-state index in [1.807, 2.05) is 11.4 Å². The molecule has 1 fully saturated rings. The summed E-state index contributed by atoms with van der Waals surface area (Å²) < 4.78 is 5.45. The van der Waals surface area contributed by atoms with Gasteiger partial charge in [-0.1, -0.05) is 17.6 Å². The van der Waals surface area contributed by atoms with Crippen LogP contribution in [0.3, 0.4) is 0 Å². The molecule has 1 aliphatic heterocycles. The van der Waals surface area contributed by atoms with Gasteiger partial charge in [-0.15, -0.1) is 23.7 Å². The molecular weight excluding hydrogens is 306 g/mol. The highest BCUT2D eigenvalue weighted by Gasteiger charge is 2.26. The Morgan fingerprint density at radius 1 is 1.52 bits per heavy atom. The lowest BCUT2D eigenvalue weighted by Gasteiger charge is -2.37. The number of hydrogen-bond acceptors (Lipinski definition) is 5. The van der Waals surface area contributed by atoms with Gasteiger partial charge in [-0.05, 0) is 37.8 Å². The predicted molar refractivity (Wildman–Crippen MR) is 88.8 cm³/mol. The van der Waals surface area contributed by atoms with Crippen molar-refractivity contribution < 1.29 is 4.52 Å². The molecule has 2 aromatic heterocycles. The van der Waals surface area contributed by atoms with E-state index in [0.717, 1.165) is 29.4 Å². The molecule has 21 heavy (non-hydrogen) atoms. The zero-order valence-electron chi connectivity index (χ0n) is 12.2. The fraction of sp³-hybridized carbons (Fsp3) is 0.533.